The molecule has 0 bridgehead atoms. The fraction of sp³-hybridized carbons (Fsp3) is 0.538. The van der Waals surface area contributed by atoms with Crippen molar-refractivity contribution < 1.29 is 18.7 Å². The van der Waals surface area contributed by atoms with Gasteiger partial charge in [-0.15, -0.1) is 0 Å². The highest BCUT2D eigenvalue weighted by atomic mass is 16.6. The Kier molecular flexibility index (Phi) is 2.92. The van der Waals surface area contributed by atoms with Crippen molar-refractivity contribution >= 4 is 11.9 Å². The van der Waals surface area contributed by atoms with Crippen LogP contribution >= 0.6 is 0 Å². The minimum atomic E-state index is -0.509. The van der Waals surface area contributed by atoms with Crippen molar-refractivity contribution in [3.8, 4) is 0 Å². The van der Waals surface area contributed by atoms with Crippen LogP contribution in [0.1, 0.15) is 49.6 Å². The third-order valence-corrected chi connectivity index (χ3v) is 2.59. The van der Waals surface area contributed by atoms with Gasteiger partial charge < -0.3 is 9.15 Å². The Hall–Kier alpha value is -1.78. The number of carbonyl (C=O) groups is 2. The van der Waals surface area contributed by atoms with E-state index in [1.165, 1.54) is 6.92 Å². The standard InChI is InChI=1S/C13H17NO4/c1-8(15)10-5-9-6-14(7-11(9)17-10)12(16)18-13(2,3)4/h5H,6-7H2,1-4H3. The lowest BCUT2D eigenvalue weighted by molar-refractivity contribution is 0.0234. The molecule has 0 aliphatic carbocycles. The van der Waals surface area contributed by atoms with Crippen LogP contribution in [-0.4, -0.2) is 22.4 Å². The van der Waals surface area contributed by atoms with Crippen LogP contribution in [0.3, 0.4) is 0 Å². The molecule has 0 unspecified atom stereocenters. The lowest BCUT2D eigenvalue weighted by Crippen LogP contribution is -2.33. The Bertz CT molecular complexity index is 472. The molecule has 2 heterocycles. The van der Waals surface area contributed by atoms with Crippen molar-refractivity contribution in [1.82, 2.24) is 4.90 Å². The van der Waals surface area contributed by atoms with Gasteiger partial charge in [-0.2, -0.15) is 0 Å². The van der Waals surface area contributed by atoms with Gasteiger partial charge >= 0.3 is 6.09 Å². The van der Waals surface area contributed by atoms with Crippen LogP contribution in [0.4, 0.5) is 4.79 Å². The zero-order valence-corrected chi connectivity index (χ0v) is 11.1. The number of hydrogen-bond acceptors (Lipinski definition) is 4. The van der Waals surface area contributed by atoms with Crippen LogP contribution in [-0.2, 0) is 17.8 Å². The van der Waals surface area contributed by atoms with E-state index in [1.54, 1.807) is 11.0 Å². The lowest BCUT2D eigenvalue weighted by atomic mass is 10.2. The quantitative estimate of drug-likeness (QED) is 0.720. The van der Waals surface area contributed by atoms with E-state index in [4.69, 9.17) is 9.15 Å². The molecule has 0 atom stereocenters. The minimum absolute atomic E-state index is 0.104. The topological polar surface area (TPSA) is 59.8 Å². The van der Waals surface area contributed by atoms with Gasteiger partial charge in [-0.25, -0.2) is 4.79 Å². The molecule has 0 N–H and O–H groups in total. The second-order valence-electron chi connectivity index (χ2n) is 5.45. The van der Waals surface area contributed by atoms with Gasteiger partial charge in [-0.3, -0.25) is 9.69 Å². The van der Waals surface area contributed by atoms with E-state index in [2.05, 4.69) is 0 Å². The van der Waals surface area contributed by atoms with Gasteiger partial charge in [-0.05, 0) is 26.8 Å². The number of Topliss-reactive ketones (excluding diaryl/α,β-unsaturated/α-hetero) is 1. The molecule has 0 aromatic carbocycles. The zero-order valence-electron chi connectivity index (χ0n) is 11.1. The molecular weight excluding hydrogens is 234 g/mol. The maximum atomic E-state index is 11.8. The van der Waals surface area contributed by atoms with Gasteiger partial charge in [0.05, 0.1) is 13.1 Å². The summed E-state index contributed by atoms with van der Waals surface area (Å²) in [5, 5.41) is 0. The maximum absolute atomic E-state index is 11.8. The van der Waals surface area contributed by atoms with Crippen molar-refractivity contribution in [1.29, 1.82) is 0 Å². The molecule has 0 saturated heterocycles. The van der Waals surface area contributed by atoms with Crippen LogP contribution in [0.15, 0.2) is 10.5 Å². The Morgan fingerprint density at radius 3 is 2.50 bits per heavy atom. The summed E-state index contributed by atoms with van der Waals surface area (Å²) in [6.45, 7) is 7.73. The summed E-state index contributed by atoms with van der Waals surface area (Å²) in [4.78, 5) is 24.6. The van der Waals surface area contributed by atoms with Crippen molar-refractivity contribution in [2.45, 2.75) is 46.4 Å². The predicted molar refractivity (Wildman–Crippen MR) is 64.2 cm³/mol. The fourth-order valence-electron chi connectivity index (χ4n) is 1.80. The molecule has 1 aliphatic heterocycles. The molecule has 5 heteroatoms. The van der Waals surface area contributed by atoms with E-state index < -0.39 is 5.60 Å². The Labute approximate surface area is 106 Å². The number of carbonyl (C=O) groups excluding carboxylic acids is 2. The van der Waals surface area contributed by atoms with Crippen LogP contribution < -0.4 is 0 Å². The maximum Gasteiger partial charge on any atom is 0.411 e. The first-order valence-corrected chi connectivity index (χ1v) is 5.87. The number of nitrogens with zero attached hydrogens (tertiary/aromatic N) is 1. The Morgan fingerprint density at radius 2 is 2.00 bits per heavy atom. The molecule has 1 aliphatic rings. The third-order valence-electron chi connectivity index (χ3n) is 2.59. The largest absolute Gasteiger partial charge is 0.456 e. The number of ether oxygens (including phenoxy) is 1. The van der Waals surface area contributed by atoms with Gasteiger partial charge in [0.15, 0.2) is 11.5 Å². The van der Waals surface area contributed by atoms with Crippen molar-refractivity contribution in [2.75, 3.05) is 0 Å². The van der Waals surface area contributed by atoms with E-state index in [-0.39, 0.29) is 11.9 Å². The second kappa shape index (κ2) is 4.15. The molecule has 98 valence electrons. The molecule has 2 rings (SSSR count). The predicted octanol–water partition coefficient (Wildman–Crippen LogP) is 2.73. The number of ketones is 1. The molecule has 18 heavy (non-hydrogen) atoms. The number of rotatable bonds is 1. The first-order valence-electron chi connectivity index (χ1n) is 5.87. The second-order valence-corrected chi connectivity index (χ2v) is 5.45. The van der Waals surface area contributed by atoms with E-state index in [9.17, 15) is 9.59 Å². The van der Waals surface area contributed by atoms with Crippen LogP contribution in [0, 0.1) is 0 Å². The fourth-order valence-corrected chi connectivity index (χ4v) is 1.80. The molecular formula is C13H17NO4. The van der Waals surface area contributed by atoms with Crippen LogP contribution in [0.25, 0.3) is 0 Å². The average molecular weight is 251 g/mol. The monoisotopic (exact) mass is 251 g/mol. The normalized spacial score (nSPS) is 14.6. The van der Waals surface area contributed by atoms with Crippen molar-refractivity contribution in [3.05, 3.63) is 23.2 Å². The van der Waals surface area contributed by atoms with Gasteiger partial charge in [0.1, 0.15) is 11.4 Å². The molecule has 0 spiro atoms. The highest BCUT2D eigenvalue weighted by Crippen LogP contribution is 2.27. The summed E-state index contributed by atoms with van der Waals surface area (Å²) in [6, 6.07) is 1.70. The van der Waals surface area contributed by atoms with Gasteiger partial charge in [0, 0.05) is 12.5 Å². The molecule has 0 radical (unpaired) electrons. The lowest BCUT2D eigenvalue weighted by Gasteiger charge is -2.24. The summed E-state index contributed by atoms with van der Waals surface area (Å²) in [5.74, 6) is 0.920. The van der Waals surface area contributed by atoms with E-state index in [1.807, 2.05) is 20.8 Å². The zero-order chi connectivity index (χ0) is 13.5. The third kappa shape index (κ3) is 2.55. The number of hydrogen-bond donors (Lipinski definition) is 0. The van der Waals surface area contributed by atoms with Gasteiger partial charge in [0.2, 0.25) is 0 Å². The summed E-state index contributed by atoms with van der Waals surface area (Å²) in [6.07, 6.45) is -0.363. The Morgan fingerprint density at radius 1 is 1.33 bits per heavy atom. The summed E-state index contributed by atoms with van der Waals surface area (Å²) < 4.78 is 10.7. The average Bonchev–Trinajstić information content (AvgIpc) is 2.69. The highest BCUT2D eigenvalue weighted by Gasteiger charge is 2.30. The smallest absolute Gasteiger partial charge is 0.411 e. The first kappa shape index (κ1) is 12.7. The molecule has 0 saturated carbocycles. The molecule has 1 amide bonds. The molecule has 5 nitrogen and oxygen atoms in total. The summed E-state index contributed by atoms with van der Waals surface area (Å²) in [7, 11) is 0. The van der Waals surface area contributed by atoms with E-state index in [0.29, 0.717) is 24.6 Å². The SMILES string of the molecule is CC(=O)c1cc2c(o1)CN(C(=O)OC(C)(C)C)C2. The van der Waals surface area contributed by atoms with Crippen molar-refractivity contribution in [3.63, 3.8) is 0 Å². The number of amides is 1. The van der Waals surface area contributed by atoms with Gasteiger partial charge in [0.25, 0.3) is 0 Å². The molecule has 0 fully saturated rings. The Balaban J connectivity index is 2.04. The first-order chi connectivity index (χ1) is 8.26. The summed E-state index contributed by atoms with van der Waals surface area (Å²) >= 11 is 0. The summed E-state index contributed by atoms with van der Waals surface area (Å²) in [5.41, 5.74) is 0.372. The molecule has 1 aromatic rings. The highest BCUT2D eigenvalue weighted by molar-refractivity contribution is 5.91. The van der Waals surface area contributed by atoms with Gasteiger partial charge in [-0.1, -0.05) is 0 Å². The van der Waals surface area contributed by atoms with E-state index in [0.717, 1.165) is 5.56 Å². The van der Waals surface area contributed by atoms with Crippen LogP contribution in [0.5, 0.6) is 0 Å². The van der Waals surface area contributed by atoms with Crippen molar-refractivity contribution in [2.24, 2.45) is 0 Å². The van der Waals surface area contributed by atoms with E-state index >= 15 is 0 Å². The van der Waals surface area contributed by atoms with Crippen LogP contribution in [0.2, 0.25) is 0 Å². The number of furan rings is 1. The number of fused-ring (bicyclic) bond motifs is 1. The minimum Gasteiger partial charge on any atom is -0.456 e. The molecule has 1 aromatic heterocycles.